The second-order valence-electron chi connectivity index (χ2n) is 3.13. The average molecular weight is 199 g/mol. The Balaban J connectivity index is 2.79. The van der Waals surface area contributed by atoms with Crippen molar-refractivity contribution in [3.63, 3.8) is 0 Å². The smallest absolute Gasteiger partial charge is 0.0562 e. The minimum absolute atomic E-state index is 0.0879. The molecule has 0 aliphatic rings. The standard InChI is InChI=1S/C10H15ClN2/c1-4-13-7-10(6-12-13)5-8(2)9(3)11/h5-7,9H,4H2,1-3H3/b8-5-. The first-order valence-corrected chi connectivity index (χ1v) is 4.92. The largest absolute Gasteiger partial charge is 0.272 e. The molecule has 0 N–H and O–H groups in total. The van der Waals surface area contributed by atoms with E-state index in [1.165, 1.54) is 0 Å². The first-order chi connectivity index (χ1) is 6.13. The number of rotatable bonds is 3. The van der Waals surface area contributed by atoms with Gasteiger partial charge in [-0.25, -0.2) is 0 Å². The van der Waals surface area contributed by atoms with Crippen LogP contribution in [0.4, 0.5) is 0 Å². The number of halogens is 1. The SMILES string of the molecule is CCn1cc(/C=C(/C)C(C)Cl)cn1. The molecule has 0 saturated carbocycles. The Morgan fingerprint density at radius 3 is 2.92 bits per heavy atom. The number of hydrogen-bond donors (Lipinski definition) is 0. The molecule has 0 bridgehead atoms. The maximum Gasteiger partial charge on any atom is 0.0562 e. The fraction of sp³-hybridized carbons (Fsp3) is 0.500. The molecule has 13 heavy (non-hydrogen) atoms. The van der Waals surface area contributed by atoms with Crippen LogP contribution in [0.5, 0.6) is 0 Å². The van der Waals surface area contributed by atoms with Crippen molar-refractivity contribution in [2.45, 2.75) is 32.7 Å². The number of aromatic nitrogens is 2. The third-order valence-corrected chi connectivity index (χ3v) is 2.34. The summed E-state index contributed by atoms with van der Waals surface area (Å²) in [6.07, 6.45) is 5.94. The van der Waals surface area contributed by atoms with Crippen LogP contribution in [-0.4, -0.2) is 15.2 Å². The molecule has 1 atom stereocenters. The Kier molecular flexibility index (Phi) is 3.55. The van der Waals surface area contributed by atoms with Crippen LogP contribution in [0.2, 0.25) is 0 Å². The molecule has 72 valence electrons. The van der Waals surface area contributed by atoms with Crippen LogP contribution in [0.25, 0.3) is 6.08 Å². The van der Waals surface area contributed by atoms with Gasteiger partial charge in [-0.3, -0.25) is 4.68 Å². The summed E-state index contributed by atoms with van der Waals surface area (Å²) in [4.78, 5) is 0. The number of hydrogen-bond acceptors (Lipinski definition) is 1. The van der Waals surface area contributed by atoms with Crippen LogP contribution in [0.1, 0.15) is 26.3 Å². The minimum Gasteiger partial charge on any atom is -0.272 e. The summed E-state index contributed by atoms with van der Waals surface area (Å²) in [5.41, 5.74) is 2.28. The quantitative estimate of drug-likeness (QED) is 0.683. The Bertz CT molecular complexity index is 300. The molecule has 0 saturated heterocycles. The molecule has 1 unspecified atom stereocenters. The number of allylic oxidation sites excluding steroid dienone is 1. The lowest BCUT2D eigenvalue weighted by atomic mass is 10.2. The number of alkyl halides is 1. The van der Waals surface area contributed by atoms with Gasteiger partial charge in [0, 0.05) is 18.3 Å². The molecule has 2 nitrogen and oxygen atoms in total. The zero-order valence-corrected chi connectivity index (χ0v) is 9.04. The normalized spacial score (nSPS) is 14.6. The van der Waals surface area contributed by atoms with Gasteiger partial charge in [-0.1, -0.05) is 11.6 Å². The van der Waals surface area contributed by atoms with Crippen molar-refractivity contribution >= 4 is 17.7 Å². The summed E-state index contributed by atoms with van der Waals surface area (Å²) in [5.74, 6) is 0. The van der Waals surface area contributed by atoms with Crippen LogP contribution in [-0.2, 0) is 6.54 Å². The van der Waals surface area contributed by atoms with Crippen molar-refractivity contribution in [3.8, 4) is 0 Å². The lowest BCUT2D eigenvalue weighted by molar-refractivity contribution is 0.660. The van der Waals surface area contributed by atoms with E-state index in [1.54, 1.807) is 0 Å². The van der Waals surface area contributed by atoms with E-state index in [-0.39, 0.29) is 5.38 Å². The molecule has 1 rings (SSSR count). The maximum atomic E-state index is 5.92. The second kappa shape index (κ2) is 4.47. The van der Waals surface area contributed by atoms with Crippen molar-refractivity contribution in [1.29, 1.82) is 0 Å². The molecule has 1 aromatic rings. The molecule has 1 heterocycles. The van der Waals surface area contributed by atoms with Gasteiger partial charge in [-0.05, 0) is 20.8 Å². The third-order valence-electron chi connectivity index (χ3n) is 2.00. The Morgan fingerprint density at radius 1 is 1.77 bits per heavy atom. The Labute approximate surface area is 84.2 Å². The molecule has 0 aromatic carbocycles. The Morgan fingerprint density at radius 2 is 2.46 bits per heavy atom. The topological polar surface area (TPSA) is 17.8 Å². The van der Waals surface area contributed by atoms with Crippen molar-refractivity contribution in [3.05, 3.63) is 23.5 Å². The number of nitrogens with zero attached hydrogens (tertiary/aromatic N) is 2. The zero-order chi connectivity index (χ0) is 9.84. The van der Waals surface area contributed by atoms with Gasteiger partial charge >= 0.3 is 0 Å². The highest BCUT2D eigenvalue weighted by Crippen LogP contribution is 2.12. The first-order valence-electron chi connectivity index (χ1n) is 4.48. The molecular formula is C10H15ClN2. The van der Waals surface area contributed by atoms with Gasteiger partial charge in [0.05, 0.1) is 11.6 Å². The summed E-state index contributed by atoms with van der Waals surface area (Å²) in [5, 5.41) is 4.26. The first kappa shape index (κ1) is 10.3. The molecule has 0 aliphatic heterocycles. The fourth-order valence-corrected chi connectivity index (χ4v) is 1.07. The van der Waals surface area contributed by atoms with Gasteiger partial charge in [0.2, 0.25) is 0 Å². The summed E-state index contributed by atoms with van der Waals surface area (Å²) in [7, 11) is 0. The minimum atomic E-state index is 0.0879. The van der Waals surface area contributed by atoms with E-state index in [9.17, 15) is 0 Å². The monoisotopic (exact) mass is 198 g/mol. The van der Waals surface area contributed by atoms with Crippen LogP contribution in [0.15, 0.2) is 18.0 Å². The summed E-state index contributed by atoms with van der Waals surface area (Å²) in [6, 6.07) is 0. The van der Waals surface area contributed by atoms with Crippen molar-refractivity contribution in [2.75, 3.05) is 0 Å². The highest BCUT2D eigenvalue weighted by molar-refractivity contribution is 6.22. The summed E-state index contributed by atoms with van der Waals surface area (Å²) >= 11 is 5.92. The van der Waals surface area contributed by atoms with E-state index in [4.69, 9.17) is 11.6 Å². The number of aryl methyl sites for hydroxylation is 1. The average Bonchev–Trinajstić information content (AvgIpc) is 2.52. The van der Waals surface area contributed by atoms with E-state index in [0.717, 1.165) is 17.7 Å². The van der Waals surface area contributed by atoms with E-state index >= 15 is 0 Å². The summed E-state index contributed by atoms with van der Waals surface area (Å²) < 4.78 is 1.90. The van der Waals surface area contributed by atoms with Crippen LogP contribution in [0, 0.1) is 0 Å². The van der Waals surface area contributed by atoms with Crippen LogP contribution in [0.3, 0.4) is 0 Å². The predicted octanol–water partition coefficient (Wildman–Crippen LogP) is 2.93. The fourth-order valence-electron chi connectivity index (χ4n) is 1.00. The lowest BCUT2D eigenvalue weighted by Crippen LogP contribution is -1.92. The predicted molar refractivity (Wildman–Crippen MR) is 56.9 cm³/mol. The van der Waals surface area contributed by atoms with E-state index in [1.807, 2.05) is 30.9 Å². The summed E-state index contributed by atoms with van der Waals surface area (Å²) in [6.45, 7) is 6.97. The molecule has 3 heteroatoms. The molecule has 1 aromatic heterocycles. The van der Waals surface area contributed by atoms with Crippen molar-refractivity contribution in [2.24, 2.45) is 0 Å². The van der Waals surface area contributed by atoms with Gasteiger partial charge in [0.15, 0.2) is 0 Å². The third kappa shape index (κ3) is 2.88. The van der Waals surface area contributed by atoms with E-state index in [2.05, 4.69) is 18.1 Å². The highest BCUT2D eigenvalue weighted by atomic mass is 35.5. The van der Waals surface area contributed by atoms with Crippen molar-refractivity contribution in [1.82, 2.24) is 9.78 Å². The maximum absolute atomic E-state index is 5.92. The van der Waals surface area contributed by atoms with Gasteiger partial charge in [0.25, 0.3) is 0 Å². The van der Waals surface area contributed by atoms with Crippen LogP contribution < -0.4 is 0 Å². The molecule has 0 amide bonds. The Hall–Kier alpha value is -0.760. The van der Waals surface area contributed by atoms with E-state index < -0.39 is 0 Å². The molecule has 0 spiro atoms. The zero-order valence-electron chi connectivity index (χ0n) is 8.29. The molecule has 0 aliphatic carbocycles. The van der Waals surface area contributed by atoms with Crippen LogP contribution >= 0.6 is 11.6 Å². The van der Waals surface area contributed by atoms with Gasteiger partial charge in [-0.2, -0.15) is 5.10 Å². The van der Waals surface area contributed by atoms with Gasteiger partial charge in [-0.15, -0.1) is 11.6 Å². The lowest BCUT2D eigenvalue weighted by Gasteiger charge is -2.00. The van der Waals surface area contributed by atoms with Gasteiger partial charge < -0.3 is 0 Å². The molecule has 0 radical (unpaired) electrons. The molecule has 0 fully saturated rings. The van der Waals surface area contributed by atoms with Crippen molar-refractivity contribution < 1.29 is 0 Å². The second-order valence-corrected chi connectivity index (χ2v) is 3.79. The van der Waals surface area contributed by atoms with E-state index in [0.29, 0.717) is 0 Å². The molecular weight excluding hydrogens is 184 g/mol. The van der Waals surface area contributed by atoms with Gasteiger partial charge in [0.1, 0.15) is 0 Å². The highest BCUT2D eigenvalue weighted by Gasteiger charge is 1.99.